The third kappa shape index (κ3) is 4.82. The molecule has 4 heteroatoms. The summed E-state index contributed by atoms with van der Waals surface area (Å²) in [6.07, 6.45) is 1.82. The van der Waals surface area contributed by atoms with Crippen LogP contribution in [0.1, 0.15) is 30.5 Å². The highest BCUT2D eigenvalue weighted by molar-refractivity contribution is 5.43. The van der Waals surface area contributed by atoms with Crippen LogP contribution in [0.2, 0.25) is 0 Å². The zero-order valence-corrected chi connectivity index (χ0v) is 15.7. The van der Waals surface area contributed by atoms with E-state index in [9.17, 15) is 0 Å². The van der Waals surface area contributed by atoms with Gasteiger partial charge < -0.3 is 10.2 Å². The van der Waals surface area contributed by atoms with E-state index in [4.69, 9.17) is 4.98 Å². The number of rotatable bonds is 7. The van der Waals surface area contributed by atoms with Gasteiger partial charge in [-0.2, -0.15) is 4.98 Å². The van der Waals surface area contributed by atoms with Crippen molar-refractivity contribution < 1.29 is 0 Å². The van der Waals surface area contributed by atoms with Gasteiger partial charge in [-0.3, -0.25) is 0 Å². The molecule has 0 unspecified atom stereocenters. The minimum Gasteiger partial charge on any atom is -0.366 e. The van der Waals surface area contributed by atoms with Gasteiger partial charge >= 0.3 is 0 Å². The molecule has 0 bridgehead atoms. The zero-order valence-electron chi connectivity index (χ0n) is 15.7. The molecule has 4 nitrogen and oxygen atoms in total. The highest BCUT2D eigenvalue weighted by Crippen LogP contribution is 2.18. The maximum atomic E-state index is 4.73. The van der Waals surface area contributed by atoms with Crippen molar-refractivity contribution in [2.24, 2.45) is 0 Å². The van der Waals surface area contributed by atoms with E-state index in [-0.39, 0.29) is 0 Å². The van der Waals surface area contributed by atoms with Crippen LogP contribution in [0.5, 0.6) is 0 Å². The Morgan fingerprint density at radius 1 is 0.923 bits per heavy atom. The van der Waals surface area contributed by atoms with E-state index in [1.54, 1.807) is 0 Å². The average molecular weight is 346 g/mol. The van der Waals surface area contributed by atoms with Gasteiger partial charge in [0.2, 0.25) is 5.95 Å². The molecule has 0 radical (unpaired) electrons. The molecule has 0 aliphatic heterocycles. The number of hydrogen-bond donors (Lipinski definition) is 1. The van der Waals surface area contributed by atoms with Gasteiger partial charge in [0.15, 0.2) is 0 Å². The lowest BCUT2D eigenvalue weighted by Gasteiger charge is -2.27. The van der Waals surface area contributed by atoms with Crippen LogP contribution in [0, 0.1) is 6.92 Å². The molecule has 0 fully saturated rings. The normalized spacial score (nSPS) is 10.8. The molecular formula is C22H26N4. The summed E-state index contributed by atoms with van der Waals surface area (Å²) in [6.45, 7) is 7.97. The molecule has 0 amide bonds. The summed E-state index contributed by atoms with van der Waals surface area (Å²) in [5.41, 5.74) is 3.76. The van der Waals surface area contributed by atoms with Gasteiger partial charge in [-0.1, -0.05) is 60.2 Å². The smallest absolute Gasteiger partial charge is 0.227 e. The number of aryl methyl sites for hydroxylation is 1. The molecule has 0 aliphatic rings. The monoisotopic (exact) mass is 346 g/mol. The number of benzene rings is 2. The fraction of sp³-hybridized carbons (Fsp3) is 0.273. The van der Waals surface area contributed by atoms with Crippen molar-refractivity contribution >= 4 is 11.8 Å². The highest BCUT2D eigenvalue weighted by Gasteiger charge is 2.14. The van der Waals surface area contributed by atoms with Crippen molar-refractivity contribution in [3.05, 3.63) is 83.6 Å². The number of anilines is 2. The molecular weight excluding hydrogens is 320 g/mol. The van der Waals surface area contributed by atoms with Gasteiger partial charge in [0.05, 0.1) is 0 Å². The summed E-state index contributed by atoms with van der Waals surface area (Å²) in [6, 6.07) is 21.2. The van der Waals surface area contributed by atoms with Crippen molar-refractivity contribution in [1.82, 2.24) is 9.97 Å². The molecule has 1 aromatic heterocycles. The van der Waals surface area contributed by atoms with Gasteiger partial charge in [-0.25, -0.2) is 4.98 Å². The SMILES string of the molecule is Cc1ccc(CNc2ccnc(N(Cc3ccccc3)C(C)C)n2)cc1. The first-order valence-electron chi connectivity index (χ1n) is 9.05. The highest BCUT2D eigenvalue weighted by atomic mass is 15.3. The molecule has 3 rings (SSSR count). The first-order chi connectivity index (χ1) is 12.6. The summed E-state index contributed by atoms with van der Waals surface area (Å²) < 4.78 is 0. The van der Waals surface area contributed by atoms with E-state index in [1.165, 1.54) is 16.7 Å². The fourth-order valence-corrected chi connectivity index (χ4v) is 2.75. The molecule has 0 aliphatic carbocycles. The maximum absolute atomic E-state index is 4.73. The second-order valence-corrected chi connectivity index (χ2v) is 6.79. The Kier molecular flexibility index (Phi) is 5.84. The molecule has 26 heavy (non-hydrogen) atoms. The molecule has 0 saturated heterocycles. The summed E-state index contributed by atoms with van der Waals surface area (Å²) in [5, 5.41) is 3.40. The molecule has 0 saturated carbocycles. The quantitative estimate of drug-likeness (QED) is 0.666. The number of hydrogen-bond acceptors (Lipinski definition) is 4. The van der Waals surface area contributed by atoms with Crippen LogP contribution in [-0.2, 0) is 13.1 Å². The maximum Gasteiger partial charge on any atom is 0.227 e. The van der Waals surface area contributed by atoms with Gasteiger partial charge in [0, 0.05) is 25.3 Å². The Labute approximate surface area is 155 Å². The van der Waals surface area contributed by atoms with Crippen molar-refractivity contribution in [3.63, 3.8) is 0 Å². The number of nitrogens with one attached hydrogen (secondary N) is 1. The first kappa shape index (κ1) is 17.9. The Bertz CT molecular complexity index is 813. The summed E-state index contributed by atoms with van der Waals surface area (Å²) >= 11 is 0. The Hall–Kier alpha value is -2.88. The van der Waals surface area contributed by atoms with Gasteiger partial charge in [0.25, 0.3) is 0 Å². The van der Waals surface area contributed by atoms with Gasteiger partial charge in [0.1, 0.15) is 5.82 Å². The number of aromatic nitrogens is 2. The molecule has 3 aromatic rings. The third-order valence-corrected chi connectivity index (χ3v) is 4.31. The summed E-state index contributed by atoms with van der Waals surface area (Å²) in [5.74, 6) is 1.59. The average Bonchev–Trinajstić information content (AvgIpc) is 2.66. The standard InChI is InChI=1S/C22H26N4/c1-17(2)26(16-20-7-5-4-6-8-20)22-23-14-13-21(25-22)24-15-19-11-9-18(3)10-12-19/h4-14,17H,15-16H2,1-3H3,(H,23,24,25). The lowest BCUT2D eigenvalue weighted by atomic mass is 10.1. The molecule has 2 aromatic carbocycles. The molecule has 134 valence electrons. The van der Waals surface area contributed by atoms with Crippen molar-refractivity contribution in [2.45, 2.75) is 39.9 Å². The Balaban J connectivity index is 1.72. The van der Waals surface area contributed by atoms with Crippen LogP contribution >= 0.6 is 0 Å². The predicted molar refractivity (Wildman–Crippen MR) is 108 cm³/mol. The van der Waals surface area contributed by atoms with E-state index >= 15 is 0 Å². The van der Waals surface area contributed by atoms with E-state index in [0.29, 0.717) is 6.04 Å². The van der Waals surface area contributed by atoms with Crippen LogP contribution in [0.3, 0.4) is 0 Å². The van der Waals surface area contributed by atoms with Crippen molar-refractivity contribution in [3.8, 4) is 0 Å². The number of nitrogens with zero attached hydrogens (tertiary/aromatic N) is 3. The summed E-state index contributed by atoms with van der Waals surface area (Å²) in [7, 11) is 0. The molecule has 1 N–H and O–H groups in total. The van der Waals surface area contributed by atoms with Crippen LogP contribution in [0.4, 0.5) is 11.8 Å². The van der Waals surface area contributed by atoms with Crippen LogP contribution in [0.25, 0.3) is 0 Å². The fourth-order valence-electron chi connectivity index (χ4n) is 2.75. The third-order valence-electron chi connectivity index (χ3n) is 4.31. The van der Waals surface area contributed by atoms with Crippen LogP contribution in [0.15, 0.2) is 66.9 Å². The topological polar surface area (TPSA) is 41.1 Å². The van der Waals surface area contributed by atoms with Gasteiger partial charge in [-0.15, -0.1) is 0 Å². The van der Waals surface area contributed by atoms with Crippen LogP contribution in [-0.4, -0.2) is 16.0 Å². The van der Waals surface area contributed by atoms with Crippen molar-refractivity contribution in [2.75, 3.05) is 10.2 Å². The lowest BCUT2D eigenvalue weighted by Crippen LogP contribution is -2.31. The van der Waals surface area contributed by atoms with Crippen LogP contribution < -0.4 is 10.2 Å². The largest absolute Gasteiger partial charge is 0.366 e. The summed E-state index contributed by atoms with van der Waals surface area (Å²) in [4.78, 5) is 11.4. The van der Waals surface area contributed by atoms with Crippen molar-refractivity contribution in [1.29, 1.82) is 0 Å². The van der Waals surface area contributed by atoms with E-state index in [1.807, 2.05) is 18.3 Å². The van der Waals surface area contributed by atoms with E-state index in [2.05, 4.69) is 84.5 Å². The molecule has 0 spiro atoms. The molecule has 1 heterocycles. The second kappa shape index (κ2) is 8.48. The van der Waals surface area contributed by atoms with E-state index in [0.717, 1.165) is 24.9 Å². The van der Waals surface area contributed by atoms with Gasteiger partial charge in [-0.05, 0) is 38.0 Å². The minimum atomic E-state index is 0.308. The molecule has 0 atom stereocenters. The zero-order chi connectivity index (χ0) is 18.4. The minimum absolute atomic E-state index is 0.308. The van der Waals surface area contributed by atoms with E-state index < -0.39 is 0 Å². The Morgan fingerprint density at radius 3 is 2.35 bits per heavy atom. The Morgan fingerprint density at radius 2 is 1.65 bits per heavy atom. The second-order valence-electron chi connectivity index (χ2n) is 6.79. The predicted octanol–water partition coefficient (Wildman–Crippen LogP) is 4.81. The first-order valence-corrected chi connectivity index (χ1v) is 9.05. The lowest BCUT2D eigenvalue weighted by molar-refractivity contribution is 0.661.